The molecule has 1 aliphatic rings. The monoisotopic (exact) mass is 154 g/mol. The molecule has 1 saturated carbocycles. The van der Waals surface area contributed by atoms with Crippen LogP contribution in [0.4, 0.5) is 0 Å². The zero-order valence-corrected chi connectivity index (χ0v) is 6.82. The van der Waals surface area contributed by atoms with Crippen molar-refractivity contribution in [2.45, 2.75) is 31.4 Å². The molecule has 0 aromatic carbocycles. The average molecular weight is 154 g/mol. The fourth-order valence-corrected chi connectivity index (χ4v) is 1.33. The zero-order valence-electron chi connectivity index (χ0n) is 6.82. The summed E-state index contributed by atoms with van der Waals surface area (Å²) in [5.41, 5.74) is 0. The minimum absolute atomic E-state index is 0.0930. The molecule has 0 saturated heterocycles. The molecule has 0 aromatic rings. The minimum atomic E-state index is -0.0930. The molecule has 0 amide bonds. The van der Waals surface area contributed by atoms with E-state index in [0.717, 1.165) is 19.4 Å². The Kier molecular flexibility index (Phi) is 2.86. The molecule has 0 heterocycles. The van der Waals surface area contributed by atoms with Crippen molar-refractivity contribution in [2.75, 3.05) is 13.6 Å². The van der Waals surface area contributed by atoms with Crippen LogP contribution in [0.2, 0.25) is 0 Å². The number of aliphatic hydroxyl groups excluding tert-OH is 1. The normalized spacial score (nSPS) is 29.6. The highest BCUT2D eigenvalue weighted by Gasteiger charge is 2.29. The van der Waals surface area contributed by atoms with E-state index in [1.165, 1.54) is 0 Å². The zero-order chi connectivity index (χ0) is 8.27. The van der Waals surface area contributed by atoms with E-state index in [2.05, 4.69) is 11.0 Å². The molecule has 0 spiro atoms. The molecule has 11 heavy (non-hydrogen) atoms. The second kappa shape index (κ2) is 3.70. The number of nitriles is 1. The van der Waals surface area contributed by atoms with Crippen LogP contribution < -0.4 is 0 Å². The van der Waals surface area contributed by atoms with Crippen LogP contribution in [0.1, 0.15) is 19.3 Å². The van der Waals surface area contributed by atoms with Crippen molar-refractivity contribution in [1.82, 2.24) is 4.90 Å². The lowest BCUT2D eigenvalue weighted by atomic mass is 9.88. The summed E-state index contributed by atoms with van der Waals surface area (Å²) in [7, 11) is 2.01. The van der Waals surface area contributed by atoms with Gasteiger partial charge in [0.25, 0.3) is 0 Å². The molecule has 0 bridgehead atoms. The summed E-state index contributed by atoms with van der Waals surface area (Å²) in [6.45, 7) is 0.827. The molecule has 1 rings (SSSR count). The van der Waals surface area contributed by atoms with Gasteiger partial charge in [0.1, 0.15) is 0 Å². The first-order valence-corrected chi connectivity index (χ1v) is 3.99. The van der Waals surface area contributed by atoms with E-state index in [9.17, 15) is 0 Å². The Labute approximate surface area is 67.2 Å². The quantitative estimate of drug-likeness (QED) is 0.638. The molecule has 1 aliphatic carbocycles. The van der Waals surface area contributed by atoms with E-state index in [1.807, 2.05) is 7.05 Å². The standard InChI is InChI=1S/C8H14N2O/c1-10(4-2-3-9)7-5-8(11)6-7/h7-8,11H,2,4-6H2,1H3. The Morgan fingerprint density at radius 2 is 2.27 bits per heavy atom. The third kappa shape index (κ3) is 2.18. The lowest BCUT2D eigenvalue weighted by molar-refractivity contribution is 0.0131. The topological polar surface area (TPSA) is 47.3 Å². The predicted molar refractivity (Wildman–Crippen MR) is 41.9 cm³/mol. The SMILES string of the molecule is CN(CCC#N)C1CC(O)C1. The summed E-state index contributed by atoms with van der Waals surface area (Å²) in [5, 5.41) is 17.3. The van der Waals surface area contributed by atoms with E-state index >= 15 is 0 Å². The highest BCUT2D eigenvalue weighted by molar-refractivity contribution is 4.86. The van der Waals surface area contributed by atoms with Gasteiger partial charge in [-0.05, 0) is 19.9 Å². The van der Waals surface area contributed by atoms with E-state index < -0.39 is 0 Å². The third-order valence-corrected chi connectivity index (χ3v) is 2.29. The molecule has 0 aliphatic heterocycles. The Morgan fingerprint density at radius 3 is 2.73 bits per heavy atom. The van der Waals surface area contributed by atoms with Crippen molar-refractivity contribution >= 4 is 0 Å². The number of aliphatic hydroxyl groups is 1. The molecule has 0 atom stereocenters. The molecule has 62 valence electrons. The Bertz CT molecular complexity index is 158. The first-order valence-electron chi connectivity index (χ1n) is 3.99. The van der Waals surface area contributed by atoms with E-state index in [4.69, 9.17) is 10.4 Å². The van der Waals surface area contributed by atoms with Gasteiger partial charge in [-0.1, -0.05) is 0 Å². The summed E-state index contributed by atoms with van der Waals surface area (Å²) in [6.07, 6.45) is 2.25. The first kappa shape index (κ1) is 8.51. The average Bonchev–Trinajstić information content (AvgIpc) is 1.94. The smallest absolute Gasteiger partial charge is 0.0635 e. The van der Waals surface area contributed by atoms with Crippen LogP contribution in [0, 0.1) is 11.3 Å². The van der Waals surface area contributed by atoms with Crippen LogP contribution in [-0.2, 0) is 0 Å². The lowest BCUT2D eigenvalue weighted by Crippen LogP contribution is -2.45. The lowest BCUT2D eigenvalue weighted by Gasteiger charge is -2.38. The van der Waals surface area contributed by atoms with Crippen LogP contribution in [0.25, 0.3) is 0 Å². The summed E-state index contributed by atoms with van der Waals surface area (Å²) in [5.74, 6) is 0. The Morgan fingerprint density at radius 1 is 1.64 bits per heavy atom. The van der Waals surface area contributed by atoms with Gasteiger partial charge in [-0.3, -0.25) is 0 Å². The largest absolute Gasteiger partial charge is 0.393 e. The van der Waals surface area contributed by atoms with Gasteiger partial charge in [-0.2, -0.15) is 5.26 Å². The maximum atomic E-state index is 9.00. The van der Waals surface area contributed by atoms with Gasteiger partial charge in [0.15, 0.2) is 0 Å². The van der Waals surface area contributed by atoms with Gasteiger partial charge < -0.3 is 10.0 Å². The van der Waals surface area contributed by atoms with Crippen molar-refractivity contribution in [2.24, 2.45) is 0 Å². The summed E-state index contributed by atoms with van der Waals surface area (Å²) >= 11 is 0. The molecule has 3 nitrogen and oxygen atoms in total. The molecular formula is C8H14N2O. The van der Waals surface area contributed by atoms with Gasteiger partial charge in [-0.15, -0.1) is 0 Å². The second-order valence-corrected chi connectivity index (χ2v) is 3.17. The van der Waals surface area contributed by atoms with E-state index in [1.54, 1.807) is 0 Å². The number of hydrogen-bond donors (Lipinski definition) is 1. The molecular weight excluding hydrogens is 140 g/mol. The molecule has 0 aromatic heterocycles. The maximum absolute atomic E-state index is 9.00. The molecule has 3 heteroatoms. The highest BCUT2D eigenvalue weighted by atomic mass is 16.3. The third-order valence-electron chi connectivity index (χ3n) is 2.29. The number of rotatable bonds is 3. The van der Waals surface area contributed by atoms with E-state index in [0.29, 0.717) is 12.5 Å². The number of hydrogen-bond acceptors (Lipinski definition) is 3. The Balaban J connectivity index is 2.12. The van der Waals surface area contributed by atoms with Crippen LogP contribution in [0.15, 0.2) is 0 Å². The first-order chi connectivity index (χ1) is 5.24. The van der Waals surface area contributed by atoms with Gasteiger partial charge >= 0.3 is 0 Å². The maximum Gasteiger partial charge on any atom is 0.0635 e. The van der Waals surface area contributed by atoms with Crippen molar-refractivity contribution in [3.05, 3.63) is 0 Å². The van der Waals surface area contributed by atoms with Crippen LogP contribution in [0.5, 0.6) is 0 Å². The van der Waals surface area contributed by atoms with Gasteiger partial charge in [0.2, 0.25) is 0 Å². The summed E-state index contributed by atoms with van der Waals surface area (Å²) < 4.78 is 0. The predicted octanol–water partition coefficient (Wildman–Crippen LogP) is 0.355. The fraction of sp³-hybridized carbons (Fsp3) is 0.875. The van der Waals surface area contributed by atoms with Crippen molar-refractivity contribution in [3.8, 4) is 6.07 Å². The summed E-state index contributed by atoms with van der Waals surface area (Å²) in [6, 6.07) is 2.62. The van der Waals surface area contributed by atoms with Crippen molar-refractivity contribution < 1.29 is 5.11 Å². The summed E-state index contributed by atoms with van der Waals surface area (Å²) in [4.78, 5) is 2.15. The highest BCUT2D eigenvalue weighted by Crippen LogP contribution is 2.24. The van der Waals surface area contributed by atoms with Crippen LogP contribution in [0.3, 0.4) is 0 Å². The van der Waals surface area contributed by atoms with Gasteiger partial charge in [-0.25, -0.2) is 0 Å². The second-order valence-electron chi connectivity index (χ2n) is 3.17. The van der Waals surface area contributed by atoms with Gasteiger partial charge in [0.05, 0.1) is 12.2 Å². The minimum Gasteiger partial charge on any atom is -0.393 e. The van der Waals surface area contributed by atoms with Gasteiger partial charge in [0, 0.05) is 19.0 Å². The van der Waals surface area contributed by atoms with Crippen molar-refractivity contribution in [1.29, 1.82) is 5.26 Å². The fourth-order valence-electron chi connectivity index (χ4n) is 1.33. The Hall–Kier alpha value is -0.590. The van der Waals surface area contributed by atoms with Crippen LogP contribution in [-0.4, -0.2) is 35.7 Å². The van der Waals surface area contributed by atoms with Crippen molar-refractivity contribution in [3.63, 3.8) is 0 Å². The molecule has 1 N–H and O–H groups in total. The van der Waals surface area contributed by atoms with E-state index in [-0.39, 0.29) is 6.10 Å². The number of nitrogens with zero attached hydrogens (tertiary/aromatic N) is 2. The van der Waals surface area contributed by atoms with Crippen LogP contribution >= 0.6 is 0 Å². The molecule has 0 radical (unpaired) electrons. The molecule has 1 fully saturated rings. The molecule has 0 unspecified atom stereocenters.